The number of hydrogen-bond donors (Lipinski definition) is 0. The Hall–Kier alpha value is -6.25. The predicted molar refractivity (Wildman–Crippen MR) is 198 cm³/mol. The molecule has 0 radical (unpaired) electrons. The lowest BCUT2D eigenvalue weighted by atomic mass is 9.87. The molecule has 0 aliphatic heterocycles. The molecule has 9 rings (SSSR count). The average molecular weight is 612 g/mol. The molecule has 220 valence electrons. The summed E-state index contributed by atoms with van der Waals surface area (Å²) in [6.45, 7) is 0. The lowest BCUT2D eigenvalue weighted by Crippen LogP contribution is -2.01. The number of aromatic nitrogens is 2. The molecule has 0 aliphatic rings. The standard InChI is InChI=1S/C45H30N2/c1-4-16-31(17-5-1)34-28-35(32-18-6-2-7-19-32)30-36(29-34)43-37-22-10-12-24-39(37)44(40-25-13-11-23-38(40)43)47-42-27-15-14-26-41(42)46-45(47)33-20-8-3-9-21-33/h1-30H/i3D,8D,9D,10D,11D,12D,13D,20D,21D,22D,23D,24D,25D. The van der Waals surface area contributed by atoms with Crippen LogP contribution in [0.15, 0.2) is 182 Å². The van der Waals surface area contributed by atoms with E-state index in [0.29, 0.717) is 5.56 Å². The van der Waals surface area contributed by atoms with Crippen LogP contribution in [0.2, 0.25) is 0 Å². The fourth-order valence-corrected chi connectivity index (χ4v) is 6.27. The molecule has 0 aliphatic carbocycles. The number of rotatable bonds is 5. The highest BCUT2D eigenvalue weighted by atomic mass is 15.1. The van der Waals surface area contributed by atoms with E-state index in [-0.39, 0.29) is 55.2 Å². The van der Waals surface area contributed by atoms with Crippen molar-refractivity contribution < 1.29 is 17.8 Å². The smallest absolute Gasteiger partial charge is 0.145 e. The predicted octanol–water partition coefficient (Wildman–Crippen LogP) is 12.0. The molecule has 47 heavy (non-hydrogen) atoms. The summed E-state index contributed by atoms with van der Waals surface area (Å²) in [5.74, 6) is -0.194. The zero-order valence-corrected chi connectivity index (χ0v) is 24.7. The van der Waals surface area contributed by atoms with Gasteiger partial charge >= 0.3 is 0 Å². The molecular weight excluding hydrogens is 569 g/mol. The van der Waals surface area contributed by atoms with Gasteiger partial charge in [0.05, 0.1) is 34.5 Å². The highest BCUT2D eigenvalue weighted by Gasteiger charge is 2.22. The van der Waals surface area contributed by atoms with Crippen LogP contribution in [0.3, 0.4) is 0 Å². The van der Waals surface area contributed by atoms with Crippen molar-refractivity contribution >= 4 is 32.6 Å². The third-order valence-electron chi connectivity index (χ3n) is 8.29. The number of nitrogens with zero attached hydrogens (tertiary/aromatic N) is 2. The van der Waals surface area contributed by atoms with Gasteiger partial charge in [0, 0.05) is 16.3 Å². The second-order valence-electron chi connectivity index (χ2n) is 11.0. The van der Waals surface area contributed by atoms with E-state index < -0.39 is 78.6 Å². The lowest BCUT2D eigenvalue weighted by Gasteiger charge is -2.21. The second-order valence-corrected chi connectivity index (χ2v) is 11.0. The van der Waals surface area contributed by atoms with Crippen LogP contribution in [0.1, 0.15) is 17.8 Å². The first-order chi connectivity index (χ1) is 28.7. The van der Waals surface area contributed by atoms with Crippen molar-refractivity contribution in [2.75, 3.05) is 0 Å². The summed E-state index contributed by atoms with van der Waals surface area (Å²) in [5, 5.41) is -0.363. The highest BCUT2D eigenvalue weighted by molar-refractivity contribution is 6.19. The van der Waals surface area contributed by atoms with Crippen LogP contribution >= 0.6 is 0 Å². The van der Waals surface area contributed by atoms with E-state index in [2.05, 4.69) is 0 Å². The minimum absolute atomic E-state index is 0.0532. The van der Waals surface area contributed by atoms with E-state index in [1.165, 1.54) is 4.57 Å². The van der Waals surface area contributed by atoms with E-state index >= 15 is 0 Å². The molecule has 9 aromatic rings. The van der Waals surface area contributed by atoms with Crippen molar-refractivity contribution in [2.24, 2.45) is 0 Å². The molecule has 0 saturated heterocycles. The van der Waals surface area contributed by atoms with Crippen LogP contribution < -0.4 is 0 Å². The number of hydrogen-bond acceptors (Lipinski definition) is 1. The highest BCUT2D eigenvalue weighted by Crippen LogP contribution is 2.45. The first kappa shape index (κ1) is 16.9. The summed E-state index contributed by atoms with van der Waals surface area (Å²) in [6, 6.07) is 23.9. The number of benzene rings is 8. The van der Waals surface area contributed by atoms with Gasteiger partial charge in [-0.1, -0.05) is 151 Å². The third-order valence-corrected chi connectivity index (χ3v) is 8.29. The molecule has 1 heterocycles. The van der Waals surface area contributed by atoms with Gasteiger partial charge in [-0.2, -0.15) is 0 Å². The number of imidazole rings is 1. The first-order valence-electron chi connectivity index (χ1n) is 21.5. The monoisotopic (exact) mass is 611 g/mol. The Morgan fingerprint density at radius 3 is 1.51 bits per heavy atom. The van der Waals surface area contributed by atoms with Gasteiger partial charge in [-0.15, -0.1) is 0 Å². The van der Waals surface area contributed by atoms with Crippen LogP contribution in [-0.2, 0) is 0 Å². The zero-order valence-electron chi connectivity index (χ0n) is 37.7. The third kappa shape index (κ3) is 4.62. The second kappa shape index (κ2) is 11.3. The Morgan fingerprint density at radius 2 is 0.915 bits per heavy atom. The minimum atomic E-state index is -0.633. The van der Waals surface area contributed by atoms with Crippen LogP contribution in [0.4, 0.5) is 0 Å². The van der Waals surface area contributed by atoms with Crippen molar-refractivity contribution in [3.63, 3.8) is 0 Å². The van der Waals surface area contributed by atoms with E-state index in [0.717, 1.165) is 22.3 Å². The minimum Gasteiger partial charge on any atom is -0.291 e. The van der Waals surface area contributed by atoms with Crippen LogP contribution in [0.5, 0.6) is 0 Å². The van der Waals surface area contributed by atoms with Gasteiger partial charge in [0.1, 0.15) is 5.82 Å². The van der Waals surface area contributed by atoms with E-state index in [4.69, 9.17) is 17.3 Å². The quantitative estimate of drug-likeness (QED) is 0.177. The summed E-state index contributed by atoms with van der Waals surface area (Å²) in [6.07, 6.45) is 0. The largest absolute Gasteiger partial charge is 0.291 e. The van der Waals surface area contributed by atoms with Gasteiger partial charge in [0.2, 0.25) is 0 Å². The van der Waals surface area contributed by atoms with Crippen molar-refractivity contribution in [3.05, 3.63) is 182 Å². The van der Waals surface area contributed by atoms with Crippen molar-refractivity contribution in [2.45, 2.75) is 0 Å². The van der Waals surface area contributed by atoms with Gasteiger partial charge in [-0.3, -0.25) is 4.57 Å². The average Bonchev–Trinajstić information content (AvgIpc) is 3.65. The lowest BCUT2D eigenvalue weighted by molar-refractivity contribution is 1.13. The summed E-state index contributed by atoms with van der Waals surface area (Å²) in [5.41, 5.74) is 3.82. The van der Waals surface area contributed by atoms with Crippen molar-refractivity contribution in [1.82, 2.24) is 9.55 Å². The van der Waals surface area contributed by atoms with Gasteiger partial charge in [-0.25, -0.2) is 4.98 Å². The van der Waals surface area contributed by atoms with E-state index in [1.807, 2.05) is 78.9 Å². The Labute approximate surface area is 292 Å². The van der Waals surface area contributed by atoms with Crippen LogP contribution in [0, 0.1) is 0 Å². The molecule has 8 aromatic carbocycles. The molecule has 2 nitrogen and oxygen atoms in total. The maximum Gasteiger partial charge on any atom is 0.145 e. The van der Waals surface area contributed by atoms with Crippen LogP contribution in [0.25, 0.3) is 83.0 Å². The number of para-hydroxylation sites is 2. The topological polar surface area (TPSA) is 17.8 Å². The molecule has 0 N–H and O–H groups in total. The normalized spacial score (nSPS) is 15.3. The summed E-state index contributed by atoms with van der Waals surface area (Å²) < 4.78 is 119. The van der Waals surface area contributed by atoms with Crippen LogP contribution in [-0.4, -0.2) is 9.55 Å². The fourth-order valence-electron chi connectivity index (χ4n) is 6.27. The van der Waals surface area contributed by atoms with Gasteiger partial charge in [0.15, 0.2) is 0 Å². The molecule has 0 saturated carbocycles. The Balaban J connectivity index is 1.58. The fraction of sp³-hybridized carbons (Fsp3) is 0. The molecule has 0 bridgehead atoms. The van der Waals surface area contributed by atoms with Crippen molar-refractivity contribution in [3.8, 4) is 50.5 Å². The van der Waals surface area contributed by atoms with E-state index in [1.54, 1.807) is 24.3 Å². The zero-order chi connectivity index (χ0) is 42.5. The molecule has 2 heteroatoms. The molecular formula is C45H30N2. The Kier molecular flexibility index (Phi) is 4.05. The molecule has 0 spiro atoms. The summed E-state index contributed by atoms with van der Waals surface area (Å²) >= 11 is 0. The Morgan fingerprint density at radius 1 is 0.426 bits per heavy atom. The van der Waals surface area contributed by atoms with Gasteiger partial charge in [0.25, 0.3) is 0 Å². The molecule has 0 amide bonds. The molecule has 0 atom stereocenters. The first-order valence-corrected chi connectivity index (χ1v) is 15.0. The molecule has 1 aromatic heterocycles. The number of fused-ring (bicyclic) bond motifs is 3. The van der Waals surface area contributed by atoms with Crippen molar-refractivity contribution in [1.29, 1.82) is 0 Å². The Bertz CT molecular complexity index is 3120. The molecule has 0 unspecified atom stereocenters. The maximum atomic E-state index is 9.57. The van der Waals surface area contributed by atoms with Gasteiger partial charge < -0.3 is 0 Å². The van der Waals surface area contributed by atoms with E-state index in [9.17, 15) is 5.48 Å². The molecule has 0 fully saturated rings. The SMILES string of the molecule is [2H]c1c([2H])c([2H])c(-c2nc3ccccc3n2-c2c3c([2H])c([2H])c([2H])c([2H])c3c(-c3cc(-c4ccccc4)cc(-c4ccccc4)c3)c3c([2H])c([2H])c([2H])c([2H])c23)c([2H])c1[2H]. The summed E-state index contributed by atoms with van der Waals surface area (Å²) in [4.78, 5) is 4.77. The summed E-state index contributed by atoms with van der Waals surface area (Å²) in [7, 11) is 0. The van der Waals surface area contributed by atoms with Gasteiger partial charge in [-0.05, 0) is 74.5 Å². The maximum absolute atomic E-state index is 9.57.